The molecule has 1 amide bonds. The summed E-state index contributed by atoms with van der Waals surface area (Å²) < 4.78 is 26.7. The van der Waals surface area contributed by atoms with Gasteiger partial charge in [0.2, 0.25) is 5.91 Å². The van der Waals surface area contributed by atoms with Gasteiger partial charge < -0.3 is 10.4 Å². The molecule has 23 heavy (non-hydrogen) atoms. The van der Waals surface area contributed by atoms with Crippen LogP contribution in [0.5, 0.6) is 0 Å². The Morgan fingerprint density at radius 2 is 1.87 bits per heavy atom. The first-order valence-corrected chi connectivity index (χ1v) is 7.70. The highest BCUT2D eigenvalue weighted by Crippen LogP contribution is 2.25. The summed E-state index contributed by atoms with van der Waals surface area (Å²) in [6.07, 6.45) is 0.816. The molecule has 1 rings (SSSR count). The lowest BCUT2D eigenvalue weighted by atomic mass is 9.88. The Labute approximate surface area is 134 Å². The van der Waals surface area contributed by atoms with Crippen molar-refractivity contribution in [1.82, 2.24) is 5.32 Å². The van der Waals surface area contributed by atoms with Crippen LogP contribution in [-0.4, -0.2) is 22.5 Å². The van der Waals surface area contributed by atoms with Crippen molar-refractivity contribution in [2.24, 2.45) is 0 Å². The number of rotatable bonds is 8. The molecule has 1 aromatic carbocycles. The Balaban J connectivity index is 2.79. The number of aliphatic carboxylic acids is 1. The Hall–Kier alpha value is -1.98. The van der Waals surface area contributed by atoms with E-state index in [-0.39, 0.29) is 24.3 Å². The van der Waals surface area contributed by atoms with Crippen LogP contribution < -0.4 is 5.32 Å². The van der Waals surface area contributed by atoms with E-state index in [9.17, 15) is 18.4 Å². The van der Waals surface area contributed by atoms with Crippen LogP contribution in [0.1, 0.15) is 57.9 Å². The van der Waals surface area contributed by atoms with Crippen molar-refractivity contribution in [2.75, 3.05) is 0 Å². The Morgan fingerprint density at radius 1 is 1.26 bits per heavy atom. The highest BCUT2D eigenvalue weighted by atomic mass is 19.1. The molecule has 0 fully saturated rings. The molecule has 0 radical (unpaired) electrons. The monoisotopic (exact) mass is 327 g/mol. The van der Waals surface area contributed by atoms with Gasteiger partial charge in [0.25, 0.3) is 0 Å². The third kappa shape index (κ3) is 5.30. The minimum absolute atomic E-state index is 0.00389. The number of amides is 1. The van der Waals surface area contributed by atoms with Crippen LogP contribution in [0.2, 0.25) is 0 Å². The standard InChI is InChI=1S/C17H23F2NO3/c1-4-17(5-2,10-16(22)23)20-15(21)8-11(3)13-7-6-12(18)9-14(13)19/h6-7,9,11H,4-5,8,10H2,1-3H3,(H,20,21)(H,22,23). The van der Waals surface area contributed by atoms with E-state index < -0.39 is 29.1 Å². The van der Waals surface area contributed by atoms with Crippen molar-refractivity contribution in [1.29, 1.82) is 0 Å². The van der Waals surface area contributed by atoms with Gasteiger partial charge >= 0.3 is 5.97 Å². The van der Waals surface area contributed by atoms with E-state index in [1.807, 2.05) is 13.8 Å². The summed E-state index contributed by atoms with van der Waals surface area (Å²) >= 11 is 0. The number of hydrogen-bond donors (Lipinski definition) is 2. The predicted octanol–water partition coefficient (Wildman–Crippen LogP) is 3.61. The van der Waals surface area contributed by atoms with E-state index in [0.29, 0.717) is 12.8 Å². The van der Waals surface area contributed by atoms with Gasteiger partial charge in [-0.25, -0.2) is 8.78 Å². The van der Waals surface area contributed by atoms with Crippen LogP contribution in [0.4, 0.5) is 8.78 Å². The van der Waals surface area contributed by atoms with E-state index in [1.54, 1.807) is 6.92 Å². The highest BCUT2D eigenvalue weighted by Gasteiger charge is 2.31. The zero-order chi connectivity index (χ0) is 17.6. The minimum atomic E-state index is -0.980. The number of hydrogen-bond acceptors (Lipinski definition) is 2. The molecule has 0 spiro atoms. The summed E-state index contributed by atoms with van der Waals surface area (Å²) in [6, 6.07) is 3.27. The molecule has 1 atom stereocenters. The van der Waals surface area contributed by atoms with Crippen LogP contribution in [0.3, 0.4) is 0 Å². The van der Waals surface area contributed by atoms with Crippen molar-refractivity contribution in [3.05, 3.63) is 35.4 Å². The lowest BCUT2D eigenvalue weighted by Crippen LogP contribution is -2.49. The first-order chi connectivity index (χ1) is 10.7. The molecule has 0 aliphatic rings. The van der Waals surface area contributed by atoms with E-state index in [4.69, 9.17) is 5.11 Å². The molecule has 0 aliphatic heterocycles. The molecular weight excluding hydrogens is 304 g/mol. The molecule has 0 saturated carbocycles. The second-order valence-corrected chi connectivity index (χ2v) is 5.88. The molecule has 1 unspecified atom stereocenters. The number of carbonyl (C=O) groups excluding carboxylic acids is 1. The second kappa shape index (κ2) is 8.04. The fourth-order valence-corrected chi connectivity index (χ4v) is 2.65. The van der Waals surface area contributed by atoms with Gasteiger partial charge in [-0.2, -0.15) is 0 Å². The van der Waals surface area contributed by atoms with E-state index in [0.717, 1.165) is 12.1 Å². The minimum Gasteiger partial charge on any atom is -0.481 e. The van der Waals surface area contributed by atoms with Crippen LogP contribution >= 0.6 is 0 Å². The zero-order valence-corrected chi connectivity index (χ0v) is 13.7. The molecule has 128 valence electrons. The normalized spacial score (nSPS) is 12.7. The fourth-order valence-electron chi connectivity index (χ4n) is 2.65. The second-order valence-electron chi connectivity index (χ2n) is 5.88. The molecule has 6 heteroatoms. The third-order valence-electron chi connectivity index (χ3n) is 4.23. The van der Waals surface area contributed by atoms with Gasteiger partial charge in [0.05, 0.1) is 6.42 Å². The maximum Gasteiger partial charge on any atom is 0.305 e. The van der Waals surface area contributed by atoms with Gasteiger partial charge in [-0.15, -0.1) is 0 Å². The van der Waals surface area contributed by atoms with Gasteiger partial charge in [0.15, 0.2) is 0 Å². The van der Waals surface area contributed by atoms with Gasteiger partial charge in [-0.05, 0) is 30.4 Å². The summed E-state index contributed by atoms with van der Waals surface area (Å²) in [4.78, 5) is 23.2. The largest absolute Gasteiger partial charge is 0.481 e. The van der Waals surface area contributed by atoms with Gasteiger partial charge in [0.1, 0.15) is 11.6 Å². The van der Waals surface area contributed by atoms with E-state index in [1.165, 1.54) is 6.07 Å². The lowest BCUT2D eigenvalue weighted by molar-refractivity contribution is -0.139. The molecule has 1 aromatic rings. The quantitative estimate of drug-likeness (QED) is 0.766. The summed E-state index contributed by atoms with van der Waals surface area (Å²) in [5, 5.41) is 11.8. The first-order valence-electron chi connectivity index (χ1n) is 7.70. The Morgan fingerprint density at radius 3 is 2.35 bits per heavy atom. The van der Waals surface area contributed by atoms with E-state index in [2.05, 4.69) is 5.32 Å². The average Bonchev–Trinajstić information content (AvgIpc) is 2.45. The number of nitrogens with one attached hydrogen (secondary N) is 1. The molecule has 0 aromatic heterocycles. The van der Waals surface area contributed by atoms with Gasteiger partial charge in [0, 0.05) is 18.0 Å². The Kier molecular flexibility index (Phi) is 6.66. The third-order valence-corrected chi connectivity index (χ3v) is 4.23. The van der Waals surface area contributed by atoms with Crippen LogP contribution in [0.15, 0.2) is 18.2 Å². The maximum absolute atomic E-state index is 13.7. The average molecular weight is 327 g/mol. The molecule has 0 aliphatic carbocycles. The topological polar surface area (TPSA) is 66.4 Å². The number of carboxylic acids is 1. The van der Waals surface area contributed by atoms with Crippen molar-refractivity contribution in [3.63, 3.8) is 0 Å². The summed E-state index contributed by atoms with van der Waals surface area (Å²) in [5.41, 5.74) is -0.539. The predicted molar refractivity (Wildman–Crippen MR) is 83.1 cm³/mol. The van der Waals surface area contributed by atoms with Crippen LogP contribution in [0.25, 0.3) is 0 Å². The fraction of sp³-hybridized carbons (Fsp3) is 0.529. The number of benzene rings is 1. The molecule has 0 saturated heterocycles. The first kappa shape index (κ1) is 19.1. The molecular formula is C17H23F2NO3. The summed E-state index contributed by atoms with van der Waals surface area (Å²) in [7, 11) is 0. The van der Waals surface area contributed by atoms with Crippen molar-refractivity contribution >= 4 is 11.9 Å². The molecule has 0 bridgehead atoms. The molecule has 4 nitrogen and oxygen atoms in total. The Bertz CT molecular complexity index is 571. The zero-order valence-electron chi connectivity index (χ0n) is 13.7. The van der Waals surface area contributed by atoms with Crippen molar-refractivity contribution in [2.45, 2.75) is 57.9 Å². The molecule has 0 heterocycles. The number of carboxylic acid groups (broad SMARTS) is 1. The highest BCUT2D eigenvalue weighted by molar-refractivity contribution is 5.79. The molecule has 2 N–H and O–H groups in total. The lowest BCUT2D eigenvalue weighted by Gasteiger charge is -2.32. The summed E-state index contributed by atoms with van der Waals surface area (Å²) in [6.45, 7) is 5.30. The van der Waals surface area contributed by atoms with Crippen LogP contribution in [-0.2, 0) is 9.59 Å². The van der Waals surface area contributed by atoms with Crippen molar-refractivity contribution < 1.29 is 23.5 Å². The van der Waals surface area contributed by atoms with Crippen molar-refractivity contribution in [3.8, 4) is 0 Å². The maximum atomic E-state index is 13.7. The number of carbonyl (C=O) groups is 2. The van der Waals surface area contributed by atoms with Gasteiger partial charge in [-0.3, -0.25) is 9.59 Å². The smallest absolute Gasteiger partial charge is 0.305 e. The van der Waals surface area contributed by atoms with E-state index >= 15 is 0 Å². The van der Waals surface area contributed by atoms with Gasteiger partial charge in [-0.1, -0.05) is 26.8 Å². The SMILES string of the molecule is CCC(CC)(CC(=O)O)NC(=O)CC(C)c1ccc(F)cc1F. The van der Waals surface area contributed by atoms with Crippen LogP contribution in [0, 0.1) is 11.6 Å². The number of halogens is 2. The summed E-state index contributed by atoms with van der Waals surface area (Å²) in [5.74, 6) is -3.11.